The van der Waals surface area contributed by atoms with Crippen LogP contribution in [0.15, 0.2) is 30.5 Å². The molecule has 25 heavy (non-hydrogen) atoms. The van der Waals surface area contributed by atoms with Crippen LogP contribution in [0.25, 0.3) is 10.8 Å². The number of fused-ring (bicyclic) bond motifs is 1. The Morgan fingerprint density at radius 3 is 2.52 bits per heavy atom. The van der Waals surface area contributed by atoms with Crippen LogP contribution in [0.2, 0.25) is 5.15 Å². The van der Waals surface area contributed by atoms with E-state index in [1.807, 2.05) is 20.8 Å². The van der Waals surface area contributed by atoms with Crippen LogP contribution in [-0.2, 0) is 9.47 Å². The van der Waals surface area contributed by atoms with Crippen LogP contribution in [0, 0.1) is 0 Å². The molecule has 2 rings (SSSR count). The first kappa shape index (κ1) is 19.9. The van der Waals surface area contributed by atoms with Crippen molar-refractivity contribution in [2.24, 2.45) is 0 Å². The average Bonchev–Trinajstić information content (AvgIpc) is 2.47. The number of hydrogen-bond donors (Lipinski definition) is 1. The molecule has 0 saturated heterocycles. The Morgan fingerprint density at radius 1 is 1.16 bits per heavy atom. The van der Waals surface area contributed by atoms with Gasteiger partial charge in [-0.2, -0.15) is 13.2 Å². The number of hydrogen-bond acceptors (Lipinski definition) is 4. The quantitative estimate of drug-likeness (QED) is 0.445. The summed E-state index contributed by atoms with van der Waals surface area (Å²) in [6.45, 7) is 5.10. The van der Waals surface area contributed by atoms with E-state index in [1.54, 1.807) is 6.07 Å². The van der Waals surface area contributed by atoms with Gasteiger partial charge in [-0.15, -0.1) is 0 Å². The van der Waals surface area contributed by atoms with Crippen LogP contribution in [0.5, 0.6) is 0 Å². The molecule has 0 spiro atoms. The number of alkyl halides is 3. The van der Waals surface area contributed by atoms with Gasteiger partial charge in [-0.05, 0) is 43.9 Å². The Bertz CT molecular complexity index is 717. The molecule has 1 aromatic heterocycles. The molecule has 1 aromatic carbocycles. The van der Waals surface area contributed by atoms with Crippen LogP contribution in [0.1, 0.15) is 32.4 Å². The van der Waals surface area contributed by atoms with E-state index in [1.165, 1.54) is 24.4 Å². The zero-order valence-electron chi connectivity index (χ0n) is 14.2. The number of pyridine rings is 1. The second-order valence-corrected chi connectivity index (χ2v) is 6.90. The molecule has 0 amide bonds. The summed E-state index contributed by atoms with van der Waals surface area (Å²) in [6, 6.07) is 4.10. The highest BCUT2D eigenvalue weighted by Crippen LogP contribution is 2.34. The van der Waals surface area contributed by atoms with E-state index in [2.05, 4.69) is 10.3 Å². The van der Waals surface area contributed by atoms with Crippen molar-refractivity contribution in [2.75, 3.05) is 13.5 Å². The van der Waals surface area contributed by atoms with Crippen LogP contribution >= 0.6 is 11.6 Å². The van der Waals surface area contributed by atoms with Gasteiger partial charge in [0.25, 0.3) is 0 Å². The van der Waals surface area contributed by atoms with Gasteiger partial charge in [0.05, 0.1) is 5.60 Å². The summed E-state index contributed by atoms with van der Waals surface area (Å²) in [6.07, 6.45) is -2.96. The molecule has 0 fully saturated rings. The van der Waals surface area contributed by atoms with E-state index in [9.17, 15) is 13.2 Å². The van der Waals surface area contributed by atoms with Crippen LogP contribution < -0.4 is 5.32 Å². The third-order valence-electron chi connectivity index (χ3n) is 3.34. The van der Waals surface area contributed by atoms with Crippen LogP contribution in [0.3, 0.4) is 0 Å². The molecule has 0 saturated carbocycles. The van der Waals surface area contributed by atoms with Crippen LogP contribution in [0.4, 0.5) is 13.2 Å². The first-order chi connectivity index (χ1) is 11.6. The number of aromatic nitrogens is 1. The highest BCUT2D eigenvalue weighted by atomic mass is 35.5. The molecule has 0 aliphatic carbocycles. The van der Waals surface area contributed by atoms with Gasteiger partial charge in [-0.3, -0.25) is 5.32 Å². The molecule has 0 bridgehead atoms. The lowest BCUT2D eigenvalue weighted by Crippen LogP contribution is -2.36. The number of nitrogens with zero attached hydrogens (tertiary/aromatic N) is 1. The van der Waals surface area contributed by atoms with E-state index < -0.39 is 17.8 Å². The van der Waals surface area contributed by atoms with Gasteiger partial charge in [0.15, 0.2) is 0 Å². The van der Waals surface area contributed by atoms with Crippen LogP contribution in [-0.4, -0.2) is 30.3 Å². The Balaban J connectivity index is 2.09. The molecule has 1 atom stereocenters. The van der Waals surface area contributed by atoms with Crippen molar-refractivity contribution in [3.63, 3.8) is 0 Å². The molecule has 0 aliphatic heterocycles. The Kier molecular flexibility index (Phi) is 6.26. The normalized spacial score (nSPS) is 14.0. The Labute approximate surface area is 149 Å². The van der Waals surface area contributed by atoms with Crippen molar-refractivity contribution in [3.8, 4) is 0 Å². The summed E-state index contributed by atoms with van der Waals surface area (Å²) in [5.41, 5.74) is -0.350. The van der Waals surface area contributed by atoms with Gasteiger partial charge in [-0.25, -0.2) is 4.98 Å². The topological polar surface area (TPSA) is 43.4 Å². The summed E-state index contributed by atoms with van der Waals surface area (Å²) in [7, 11) is 0. The maximum atomic E-state index is 13.4. The third kappa shape index (κ3) is 6.11. The second-order valence-electron chi connectivity index (χ2n) is 6.52. The lowest BCUT2D eigenvalue weighted by atomic mass is 10.0. The summed E-state index contributed by atoms with van der Waals surface area (Å²) in [5.74, 6) is 0. The molecule has 138 valence electrons. The fraction of sp³-hybridized carbons (Fsp3) is 0.471. The molecule has 4 nitrogen and oxygen atoms in total. The number of benzene rings is 1. The second kappa shape index (κ2) is 7.86. The Hall–Kier alpha value is -1.41. The molecule has 1 heterocycles. The minimum absolute atomic E-state index is 0.0719. The maximum absolute atomic E-state index is 13.4. The lowest BCUT2D eigenvalue weighted by Gasteiger charge is -2.23. The fourth-order valence-electron chi connectivity index (χ4n) is 2.14. The van der Waals surface area contributed by atoms with Crippen molar-refractivity contribution >= 4 is 22.4 Å². The zero-order valence-corrected chi connectivity index (χ0v) is 14.9. The number of rotatable bonds is 6. The summed E-state index contributed by atoms with van der Waals surface area (Å²) in [5, 5.41) is 3.89. The van der Waals surface area contributed by atoms with E-state index in [0.29, 0.717) is 10.8 Å². The van der Waals surface area contributed by atoms with Gasteiger partial charge in [0.1, 0.15) is 24.7 Å². The fourth-order valence-corrected chi connectivity index (χ4v) is 2.30. The summed E-state index contributed by atoms with van der Waals surface area (Å²) in [4.78, 5) is 3.91. The van der Waals surface area contributed by atoms with Crippen molar-refractivity contribution < 1.29 is 22.6 Å². The Morgan fingerprint density at radius 2 is 1.88 bits per heavy atom. The van der Waals surface area contributed by atoms with Gasteiger partial charge in [-0.1, -0.05) is 23.7 Å². The van der Waals surface area contributed by atoms with E-state index in [0.717, 1.165) is 0 Å². The first-order valence-corrected chi connectivity index (χ1v) is 8.01. The van der Waals surface area contributed by atoms with Gasteiger partial charge in [0, 0.05) is 11.6 Å². The van der Waals surface area contributed by atoms with Crippen molar-refractivity contribution in [1.82, 2.24) is 10.3 Å². The number of nitrogens with one attached hydrogen (secondary N) is 1. The smallest absolute Gasteiger partial charge is 0.350 e. The first-order valence-electron chi connectivity index (χ1n) is 7.63. The van der Waals surface area contributed by atoms with E-state index >= 15 is 0 Å². The summed E-state index contributed by atoms with van der Waals surface area (Å²) >= 11 is 5.81. The molecular weight excluding hydrogens is 357 g/mol. The monoisotopic (exact) mass is 376 g/mol. The SMILES string of the molecule is CC(C)(C)OCOCN[C@@H](c1ccc2cnc(Cl)cc2c1)C(F)(F)F. The lowest BCUT2D eigenvalue weighted by molar-refractivity contribution is -0.170. The molecule has 1 N–H and O–H groups in total. The van der Waals surface area contributed by atoms with Gasteiger partial charge < -0.3 is 9.47 Å². The maximum Gasteiger partial charge on any atom is 0.407 e. The largest absolute Gasteiger partial charge is 0.407 e. The summed E-state index contributed by atoms with van der Waals surface area (Å²) < 4.78 is 50.6. The molecular formula is C17H20ClF3N2O2. The predicted molar refractivity (Wildman–Crippen MR) is 90.3 cm³/mol. The van der Waals surface area contributed by atoms with Crippen molar-refractivity contribution in [1.29, 1.82) is 0 Å². The van der Waals surface area contributed by atoms with Gasteiger partial charge in [0.2, 0.25) is 0 Å². The van der Waals surface area contributed by atoms with E-state index in [4.69, 9.17) is 21.1 Å². The molecule has 0 aliphatic rings. The third-order valence-corrected chi connectivity index (χ3v) is 3.54. The highest BCUT2D eigenvalue weighted by molar-refractivity contribution is 6.30. The molecule has 0 unspecified atom stereocenters. The molecule has 2 aromatic rings. The highest BCUT2D eigenvalue weighted by Gasteiger charge is 2.40. The van der Waals surface area contributed by atoms with Gasteiger partial charge >= 0.3 is 6.18 Å². The molecule has 8 heteroatoms. The molecule has 0 radical (unpaired) electrons. The minimum Gasteiger partial charge on any atom is -0.350 e. The predicted octanol–water partition coefficient (Wildman–Crippen LogP) is 4.83. The zero-order chi connectivity index (χ0) is 18.7. The van der Waals surface area contributed by atoms with Crippen molar-refractivity contribution in [2.45, 2.75) is 38.6 Å². The number of halogens is 4. The standard InChI is InChI=1S/C17H20ClF3N2O2/c1-16(2,3)25-10-24-9-23-15(17(19,20)21)11-4-5-12-8-22-14(18)7-13(12)6-11/h4-8,15,23H,9-10H2,1-3H3/t15-/m0/s1. The van der Waals surface area contributed by atoms with Crippen molar-refractivity contribution in [3.05, 3.63) is 41.2 Å². The number of ether oxygens (including phenoxy) is 2. The average molecular weight is 377 g/mol. The van der Waals surface area contributed by atoms with E-state index in [-0.39, 0.29) is 24.2 Å². The minimum atomic E-state index is -4.47.